The van der Waals surface area contributed by atoms with Gasteiger partial charge < -0.3 is 23.5 Å². The first kappa shape index (κ1) is 70.0. The number of rotatable bonds is 9. The molecule has 0 saturated carbocycles. The van der Waals surface area contributed by atoms with Gasteiger partial charge in [-0.1, -0.05) is 277 Å². The van der Waals surface area contributed by atoms with Crippen LogP contribution in [0.15, 0.2) is 322 Å². The van der Waals surface area contributed by atoms with Crippen LogP contribution in [-0.4, -0.2) is 20.4 Å². The Hall–Kier alpha value is -13.1. The summed E-state index contributed by atoms with van der Waals surface area (Å²) in [5.74, 6) is 0. The van der Waals surface area contributed by atoms with Gasteiger partial charge in [-0.2, -0.15) is 5.26 Å². The Bertz CT molecular complexity index is 6870. The number of anilines is 6. The Morgan fingerprint density at radius 2 is 0.623 bits per heavy atom. The molecule has 550 valence electrons. The van der Waals surface area contributed by atoms with Crippen molar-refractivity contribution in [3.05, 3.63) is 349 Å². The highest BCUT2D eigenvalue weighted by Gasteiger charge is 2.46. The first-order chi connectivity index (χ1) is 55.0. The molecule has 0 radical (unpaired) electrons. The third kappa shape index (κ3) is 11.2. The maximum atomic E-state index is 11.9. The maximum absolute atomic E-state index is 11.9. The van der Waals surface area contributed by atoms with E-state index in [9.17, 15) is 5.26 Å². The lowest BCUT2D eigenvalue weighted by Crippen LogP contribution is -2.61. The highest BCUT2D eigenvalue weighted by atomic mass is 15.2. The molecule has 20 rings (SSSR count). The number of para-hydroxylation sites is 5. The zero-order valence-corrected chi connectivity index (χ0v) is 66.9. The van der Waals surface area contributed by atoms with Crippen molar-refractivity contribution in [2.45, 2.75) is 105 Å². The molecule has 15 aromatic carbocycles. The lowest BCUT2D eigenvalue weighted by molar-refractivity contribution is 0.590. The van der Waals surface area contributed by atoms with Gasteiger partial charge >= 0.3 is 0 Å². The molecule has 2 aliphatic heterocycles. The molecule has 0 amide bonds. The summed E-state index contributed by atoms with van der Waals surface area (Å²) in [6.07, 6.45) is 0. The van der Waals surface area contributed by atoms with E-state index in [2.05, 4.69) is 428 Å². The van der Waals surface area contributed by atoms with Crippen molar-refractivity contribution in [1.82, 2.24) is 13.7 Å². The molecule has 0 fully saturated rings. The van der Waals surface area contributed by atoms with Crippen molar-refractivity contribution < 1.29 is 0 Å². The molecule has 7 heteroatoms. The van der Waals surface area contributed by atoms with E-state index >= 15 is 0 Å². The zero-order valence-electron chi connectivity index (χ0n) is 66.9. The molecular weight excluding hydrogens is 1380 g/mol. The maximum Gasteiger partial charge on any atom is 0.252 e. The smallest absolute Gasteiger partial charge is 0.252 e. The Morgan fingerprint density at radius 1 is 0.246 bits per heavy atom. The summed E-state index contributed by atoms with van der Waals surface area (Å²) >= 11 is 0. The number of aromatic nitrogens is 3. The second-order valence-electron chi connectivity index (χ2n) is 35.6. The zero-order chi connectivity index (χ0) is 78.0. The van der Waals surface area contributed by atoms with Crippen LogP contribution in [0.5, 0.6) is 0 Å². The largest absolute Gasteiger partial charge is 0.311 e. The molecular formula is C107H89BN6. The van der Waals surface area contributed by atoms with Gasteiger partial charge in [0, 0.05) is 88.7 Å². The molecule has 0 atom stereocenters. The molecule has 114 heavy (non-hydrogen) atoms. The van der Waals surface area contributed by atoms with E-state index in [0.717, 1.165) is 129 Å². The minimum Gasteiger partial charge on any atom is -0.311 e. The van der Waals surface area contributed by atoms with Crippen LogP contribution in [0.4, 0.5) is 34.1 Å². The fourth-order valence-corrected chi connectivity index (χ4v) is 18.6. The first-order valence-corrected chi connectivity index (χ1v) is 40.2. The third-order valence-electron chi connectivity index (χ3n) is 24.5. The Balaban J connectivity index is 0.941. The molecule has 0 spiro atoms. The van der Waals surface area contributed by atoms with Crippen molar-refractivity contribution in [3.8, 4) is 67.6 Å². The second kappa shape index (κ2) is 26.0. The van der Waals surface area contributed by atoms with Crippen LogP contribution in [-0.2, 0) is 21.7 Å². The normalized spacial score (nSPS) is 13.0. The molecule has 0 bridgehead atoms. The molecule has 2 aliphatic rings. The van der Waals surface area contributed by atoms with E-state index < -0.39 is 0 Å². The van der Waals surface area contributed by atoms with E-state index in [1.165, 1.54) is 71.0 Å². The molecule has 0 aliphatic carbocycles. The van der Waals surface area contributed by atoms with Crippen LogP contribution in [0.3, 0.4) is 0 Å². The van der Waals surface area contributed by atoms with Gasteiger partial charge in [0.25, 0.3) is 6.71 Å². The molecule has 3 aromatic heterocycles. The summed E-state index contributed by atoms with van der Waals surface area (Å²) in [6.45, 7) is 27.6. The van der Waals surface area contributed by atoms with Crippen LogP contribution >= 0.6 is 0 Å². The minimum absolute atomic E-state index is 0.0810. The number of nitriles is 1. The van der Waals surface area contributed by atoms with Gasteiger partial charge in [-0.15, -0.1) is 0 Å². The molecule has 18 aromatic rings. The van der Waals surface area contributed by atoms with Gasteiger partial charge in [0.05, 0.1) is 61.8 Å². The number of benzene rings is 15. The number of nitrogens with zero attached hydrogens (tertiary/aromatic N) is 6. The van der Waals surface area contributed by atoms with Gasteiger partial charge in [0.15, 0.2) is 0 Å². The van der Waals surface area contributed by atoms with Gasteiger partial charge in [-0.25, -0.2) is 0 Å². The van der Waals surface area contributed by atoms with Crippen molar-refractivity contribution in [1.29, 1.82) is 5.26 Å². The third-order valence-corrected chi connectivity index (χ3v) is 24.5. The van der Waals surface area contributed by atoms with Crippen LogP contribution in [0.2, 0.25) is 0 Å². The summed E-state index contributed by atoms with van der Waals surface area (Å²) in [7, 11) is 0. The quantitative estimate of drug-likeness (QED) is 0.135. The number of hydrogen-bond acceptors (Lipinski definition) is 3. The molecule has 6 nitrogen and oxygen atoms in total. The summed E-state index contributed by atoms with van der Waals surface area (Å²) in [4.78, 5) is 5.22. The van der Waals surface area contributed by atoms with E-state index in [-0.39, 0.29) is 28.4 Å². The summed E-state index contributed by atoms with van der Waals surface area (Å²) < 4.78 is 7.41. The Kier molecular flexibility index (Phi) is 15.9. The van der Waals surface area contributed by atoms with Crippen LogP contribution in [0.1, 0.15) is 111 Å². The highest BCUT2D eigenvalue weighted by Crippen LogP contribution is 2.53. The summed E-state index contributed by atoms with van der Waals surface area (Å²) in [6, 6.07) is 124. The molecule has 0 N–H and O–H groups in total. The Morgan fingerprint density at radius 3 is 1.13 bits per heavy atom. The molecule has 0 unspecified atom stereocenters. The lowest BCUT2D eigenvalue weighted by Gasteiger charge is -2.45. The number of hydrogen-bond donors (Lipinski definition) is 0. The van der Waals surface area contributed by atoms with E-state index in [1.807, 2.05) is 6.07 Å². The fraction of sp³-hybridized carbons (Fsp3) is 0.150. The van der Waals surface area contributed by atoms with Crippen LogP contribution < -0.4 is 26.2 Å². The molecule has 5 heterocycles. The van der Waals surface area contributed by atoms with Crippen LogP contribution in [0.25, 0.3) is 127 Å². The standard InChI is InChI=1S/C107H89BN6/c1-104(2,3)72-45-53-95(84(60-72)68-31-17-14-18-32-68)114-100-65-77(111-97-55-47-74(106(7,8)9)62-86(97)87-63-75(107(10,11)12)48-56-98(87)111)50-52-89(100)108-88-51-44-69(85-61-73(105(4,5)6)46-54-96(85)112-93-41-27-22-36-81(93)82-37-23-28-42-94(82)112)57-99(88)113(90-38-24-19-33-78(90)67-29-15-13-16-30-67)101-58-71(59-102(114)103(101)108)83-64-76(49-43-70(83)66-109)110-91-39-25-20-34-79(91)80-35-21-26-40-92(80)110/h13-65H,1-12H3. The van der Waals surface area contributed by atoms with Crippen molar-refractivity contribution in [2.75, 3.05) is 9.80 Å². The SMILES string of the molecule is CC(C)(C)c1ccc(N2c3cc(-n4c5ccc(C(C)(C)C)cc5c5cc(C(C)(C)C)ccc54)ccc3B3c4ccc(-c5cc(C(C)(C)C)ccc5-n5c6ccccc6c6ccccc65)cc4N(c4ccccc4-c4ccccc4)c4cc(-c5cc(-n6c7ccccc7c7ccccc76)ccc5C#N)cc2c43)c(-c2ccccc2)c1. The van der Waals surface area contributed by atoms with E-state index in [0.29, 0.717) is 5.56 Å². The van der Waals surface area contributed by atoms with Gasteiger partial charge in [0.2, 0.25) is 0 Å². The van der Waals surface area contributed by atoms with E-state index in [4.69, 9.17) is 0 Å². The topological polar surface area (TPSA) is 45.1 Å². The van der Waals surface area contributed by atoms with Gasteiger partial charge in [0.1, 0.15) is 0 Å². The second-order valence-corrected chi connectivity index (χ2v) is 35.6. The summed E-state index contributed by atoms with van der Waals surface area (Å²) in [5, 5.41) is 19.2. The fourth-order valence-electron chi connectivity index (χ4n) is 18.6. The lowest BCUT2D eigenvalue weighted by atomic mass is 9.33. The Labute approximate surface area is 668 Å². The van der Waals surface area contributed by atoms with Gasteiger partial charge in [-0.05, 0) is 210 Å². The minimum atomic E-state index is -0.318. The average Bonchev–Trinajstić information content (AvgIpc) is 0.905. The average molecular weight is 1470 g/mol. The molecule has 0 saturated heterocycles. The van der Waals surface area contributed by atoms with E-state index in [1.54, 1.807) is 0 Å². The van der Waals surface area contributed by atoms with Crippen LogP contribution in [0, 0.1) is 11.3 Å². The predicted octanol–water partition coefficient (Wildman–Crippen LogP) is 26.8. The van der Waals surface area contributed by atoms with Crippen molar-refractivity contribution in [2.24, 2.45) is 0 Å². The summed E-state index contributed by atoms with van der Waals surface area (Å²) in [5.41, 5.74) is 33.3. The predicted molar refractivity (Wildman–Crippen MR) is 485 cm³/mol. The first-order valence-electron chi connectivity index (χ1n) is 40.2. The van der Waals surface area contributed by atoms with Gasteiger partial charge in [-0.3, -0.25) is 0 Å². The highest BCUT2D eigenvalue weighted by molar-refractivity contribution is 7.00. The van der Waals surface area contributed by atoms with Crippen molar-refractivity contribution in [3.63, 3.8) is 0 Å². The monoisotopic (exact) mass is 1470 g/mol. The number of fused-ring (bicyclic) bond motifs is 13. The van der Waals surface area contributed by atoms with Crippen molar-refractivity contribution >= 4 is 123 Å².